The van der Waals surface area contributed by atoms with Gasteiger partial charge in [-0.3, -0.25) is 0 Å². The van der Waals surface area contributed by atoms with E-state index in [4.69, 9.17) is 0 Å². The van der Waals surface area contributed by atoms with Gasteiger partial charge in [-0.15, -0.1) is 0 Å². The fourth-order valence-electron chi connectivity index (χ4n) is 2.30. The molecule has 1 heterocycles. The highest BCUT2D eigenvalue weighted by Crippen LogP contribution is 2.49. The van der Waals surface area contributed by atoms with E-state index in [1.165, 1.54) is 0 Å². The lowest BCUT2D eigenvalue weighted by molar-refractivity contribution is -0.0530. The Morgan fingerprint density at radius 1 is 1.09 bits per heavy atom. The fourth-order valence-corrected chi connectivity index (χ4v) is 2.30. The van der Waals surface area contributed by atoms with Crippen molar-refractivity contribution in [2.24, 2.45) is 10.8 Å². The van der Waals surface area contributed by atoms with Crippen LogP contribution in [0.25, 0.3) is 0 Å². The monoisotopic (exact) mass is 155 g/mol. The quantitative estimate of drug-likeness (QED) is 0.566. The first-order valence-electron chi connectivity index (χ1n) is 4.56. The SMILES string of the molecule is CC1NC(C)C1(C)C(C)(C)C. The summed E-state index contributed by atoms with van der Waals surface area (Å²) in [4.78, 5) is 0. The van der Waals surface area contributed by atoms with Crippen molar-refractivity contribution in [2.45, 2.75) is 53.6 Å². The second-order valence-corrected chi connectivity index (χ2v) is 5.14. The second kappa shape index (κ2) is 2.22. The molecule has 0 amide bonds. The molecule has 2 atom stereocenters. The number of hydrogen-bond donors (Lipinski definition) is 1. The van der Waals surface area contributed by atoms with Gasteiger partial charge in [0.1, 0.15) is 0 Å². The summed E-state index contributed by atoms with van der Waals surface area (Å²) in [6.07, 6.45) is 0. The van der Waals surface area contributed by atoms with Gasteiger partial charge in [0.25, 0.3) is 0 Å². The van der Waals surface area contributed by atoms with Crippen LogP contribution >= 0.6 is 0 Å². The molecule has 0 aromatic rings. The lowest BCUT2D eigenvalue weighted by Gasteiger charge is -2.60. The summed E-state index contributed by atoms with van der Waals surface area (Å²) in [7, 11) is 0. The molecule has 0 bridgehead atoms. The van der Waals surface area contributed by atoms with Crippen molar-refractivity contribution in [1.82, 2.24) is 5.32 Å². The highest BCUT2D eigenvalue weighted by molar-refractivity contribution is 5.08. The van der Waals surface area contributed by atoms with Gasteiger partial charge in [0.05, 0.1) is 0 Å². The van der Waals surface area contributed by atoms with E-state index >= 15 is 0 Å². The molecule has 1 aliphatic rings. The van der Waals surface area contributed by atoms with Crippen molar-refractivity contribution < 1.29 is 0 Å². The van der Waals surface area contributed by atoms with E-state index in [2.05, 4.69) is 46.9 Å². The molecular weight excluding hydrogens is 134 g/mol. The fraction of sp³-hybridized carbons (Fsp3) is 1.00. The maximum absolute atomic E-state index is 3.50. The van der Waals surface area contributed by atoms with Crippen LogP contribution in [0.5, 0.6) is 0 Å². The zero-order valence-electron chi connectivity index (χ0n) is 8.65. The van der Waals surface area contributed by atoms with Crippen LogP contribution in [0, 0.1) is 10.8 Å². The zero-order valence-corrected chi connectivity index (χ0v) is 8.65. The third kappa shape index (κ3) is 1.01. The summed E-state index contributed by atoms with van der Waals surface area (Å²) in [5.41, 5.74) is 0.879. The van der Waals surface area contributed by atoms with Crippen LogP contribution in [-0.2, 0) is 0 Å². The molecule has 1 nitrogen and oxygen atoms in total. The van der Waals surface area contributed by atoms with Crippen LogP contribution in [0.2, 0.25) is 0 Å². The minimum atomic E-state index is 0.414. The summed E-state index contributed by atoms with van der Waals surface area (Å²) >= 11 is 0. The van der Waals surface area contributed by atoms with Crippen molar-refractivity contribution in [1.29, 1.82) is 0 Å². The van der Waals surface area contributed by atoms with E-state index < -0.39 is 0 Å². The molecule has 1 heteroatoms. The van der Waals surface area contributed by atoms with Gasteiger partial charge in [0.15, 0.2) is 0 Å². The Labute approximate surface area is 70.6 Å². The molecule has 0 spiro atoms. The molecule has 2 unspecified atom stereocenters. The van der Waals surface area contributed by atoms with E-state index in [1.54, 1.807) is 0 Å². The molecule has 1 saturated heterocycles. The van der Waals surface area contributed by atoms with Gasteiger partial charge in [0, 0.05) is 17.5 Å². The molecular formula is C10H21N. The molecule has 1 rings (SSSR count). The van der Waals surface area contributed by atoms with E-state index in [0.717, 1.165) is 0 Å². The Bertz CT molecular complexity index is 147. The molecule has 1 N–H and O–H groups in total. The smallest absolute Gasteiger partial charge is 0.0115 e. The molecule has 11 heavy (non-hydrogen) atoms. The number of hydrogen-bond acceptors (Lipinski definition) is 1. The van der Waals surface area contributed by atoms with E-state index in [9.17, 15) is 0 Å². The predicted molar refractivity (Wildman–Crippen MR) is 49.6 cm³/mol. The average molecular weight is 155 g/mol. The molecule has 0 radical (unpaired) electrons. The molecule has 0 aromatic heterocycles. The van der Waals surface area contributed by atoms with E-state index in [1.807, 2.05) is 0 Å². The molecule has 0 saturated carbocycles. The maximum atomic E-state index is 3.50. The Kier molecular flexibility index (Phi) is 1.83. The van der Waals surface area contributed by atoms with Crippen molar-refractivity contribution >= 4 is 0 Å². The summed E-state index contributed by atoms with van der Waals surface area (Å²) in [5.74, 6) is 0. The summed E-state index contributed by atoms with van der Waals surface area (Å²) in [5, 5.41) is 3.50. The number of nitrogens with one attached hydrogen (secondary N) is 1. The van der Waals surface area contributed by atoms with E-state index in [0.29, 0.717) is 22.9 Å². The van der Waals surface area contributed by atoms with Gasteiger partial charge in [-0.25, -0.2) is 0 Å². The van der Waals surface area contributed by atoms with Crippen LogP contribution < -0.4 is 5.32 Å². The molecule has 1 aliphatic heterocycles. The van der Waals surface area contributed by atoms with Crippen LogP contribution in [-0.4, -0.2) is 12.1 Å². The van der Waals surface area contributed by atoms with Crippen LogP contribution in [0.4, 0.5) is 0 Å². The molecule has 0 aliphatic carbocycles. The Morgan fingerprint density at radius 2 is 1.45 bits per heavy atom. The van der Waals surface area contributed by atoms with Crippen molar-refractivity contribution in [3.8, 4) is 0 Å². The van der Waals surface area contributed by atoms with Crippen molar-refractivity contribution in [3.05, 3.63) is 0 Å². The van der Waals surface area contributed by atoms with Crippen LogP contribution in [0.3, 0.4) is 0 Å². The van der Waals surface area contributed by atoms with Gasteiger partial charge in [-0.1, -0.05) is 27.7 Å². The van der Waals surface area contributed by atoms with Gasteiger partial charge in [0.2, 0.25) is 0 Å². The minimum Gasteiger partial charge on any atom is -0.311 e. The molecule has 1 fully saturated rings. The van der Waals surface area contributed by atoms with Gasteiger partial charge in [-0.05, 0) is 19.3 Å². The van der Waals surface area contributed by atoms with E-state index in [-0.39, 0.29) is 0 Å². The van der Waals surface area contributed by atoms with Crippen molar-refractivity contribution in [2.75, 3.05) is 0 Å². The highest BCUT2D eigenvalue weighted by atomic mass is 15.1. The lowest BCUT2D eigenvalue weighted by Crippen LogP contribution is -2.70. The lowest BCUT2D eigenvalue weighted by atomic mass is 9.55. The van der Waals surface area contributed by atoms with Gasteiger partial charge in [-0.2, -0.15) is 0 Å². The zero-order chi connectivity index (χ0) is 8.86. The van der Waals surface area contributed by atoms with Crippen LogP contribution in [0.15, 0.2) is 0 Å². The second-order valence-electron chi connectivity index (χ2n) is 5.14. The highest BCUT2D eigenvalue weighted by Gasteiger charge is 2.53. The normalized spacial score (nSPS) is 45.3. The first-order valence-corrected chi connectivity index (χ1v) is 4.56. The third-order valence-corrected chi connectivity index (χ3v) is 3.92. The first-order chi connectivity index (χ1) is 4.80. The third-order valence-electron chi connectivity index (χ3n) is 3.92. The summed E-state index contributed by atoms with van der Waals surface area (Å²) in [6.45, 7) is 14.0. The Balaban J connectivity index is 2.81. The standard InChI is InChI=1S/C10H21N/c1-7-10(6,8(2)11-7)9(3,4)5/h7-8,11H,1-6H3. The van der Waals surface area contributed by atoms with Crippen LogP contribution in [0.1, 0.15) is 41.5 Å². The summed E-state index contributed by atoms with van der Waals surface area (Å²) in [6, 6.07) is 1.33. The van der Waals surface area contributed by atoms with Gasteiger partial charge < -0.3 is 5.32 Å². The predicted octanol–water partition coefficient (Wildman–Crippen LogP) is 2.42. The average Bonchev–Trinajstić information content (AvgIpc) is 1.85. The Hall–Kier alpha value is -0.0400. The maximum Gasteiger partial charge on any atom is 0.0115 e. The topological polar surface area (TPSA) is 12.0 Å². The minimum absolute atomic E-state index is 0.414. The molecule has 66 valence electrons. The molecule has 0 aromatic carbocycles. The Morgan fingerprint density at radius 3 is 1.55 bits per heavy atom. The van der Waals surface area contributed by atoms with Gasteiger partial charge >= 0.3 is 0 Å². The number of rotatable bonds is 0. The first kappa shape index (κ1) is 9.05. The summed E-state index contributed by atoms with van der Waals surface area (Å²) < 4.78 is 0. The largest absolute Gasteiger partial charge is 0.311 e. The van der Waals surface area contributed by atoms with Crippen molar-refractivity contribution in [3.63, 3.8) is 0 Å².